The molecule has 0 spiro atoms. The van der Waals surface area contributed by atoms with E-state index >= 15 is 0 Å². The minimum absolute atomic E-state index is 0.00123. The second-order valence-corrected chi connectivity index (χ2v) is 4.33. The first-order chi connectivity index (χ1) is 5.40. The van der Waals surface area contributed by atoms with Crippen molar-refractivity contribution in [3.63, 3.8) is 0 Å². The Kier molecular flexibility index (Phi) is 4.71. The number of rotatable bonds is 5. The highest BCUT2D eigenvalue weighted by molar-refractivity contribution is 7.80. The van der Waals surface area contributed by atoms with Crippen LogP contribution in [0.3, 0.4) is 0 Å². The Balaban J connectivity index is 3.83. The zero-order valence-electron chi connectivity index (χ0n) is 8.55. The first-order valence-corrected chi connectivity index (χ1v) is 4.79. The van der Waals surface area contributed by atoms with E-state index in [1.807, 2.05) is 0 Å². The van der Waals surface area contributed by atoms with E-state index in [0.29, 0.717) is 4.99 Å². The number of nitrogens with two attached hydrogens (primary N) is 1. The molecule has 0 aliphatic rings. The quantitative estimate of drug-likeness (QED) is 0.665. The van der Waals surface area contributed by atoms with E-state index in [9.17, 15) is 0 Å². The average Bonchev–Trinajstić information content (AvgIpc) is 2.00. The van der Waals surface area contributed by atoms with Crippen molar-refractivity contribution < 1.29 is 0 Å². The molecule has 0 heterocycles. The molecule has 0 aromatic carbocycles. The van der Waals surface area contributed by atoms with Gasteiger partial charge in [-0.2, -0.15) is 0 Å². The summed E-state index contributed by atoms with van der Waals surface area (Å²) in [5, 5.41) is 0. The predicted octanol–water partition coefficient (Wildman–Crippen LogP) is 1.64. The van der Waals surface area contributed by atoms with Gasteiger partial charge in [0.25, 0.3) is 0 Å². The topological polar surface area (TPSA) is 29.3 Å². The average molecular weight is 188 g/mol. The Morgan fingerprint density at radius 2 is 2.00 bits per heavy atom. The van der Waals surface area contributed by atoms with Crippen LogP contribution in [-0.2, 0) is 0 Å². The van der Waals surface area contributed by atoms with Crippen LogP contribution in [0.1, 0.15) is 27.2 Å². The summed E-state index contributed by atoms with van der Waals surface area (Å²) in [6, 6.07) is 0. The van der Waals surface area contributed by atoms with Gasteiger partial charge in [-0.05, 0) is 26.6 Å². The van der Waals surface area contributed by atoms with E-state index < -0.39 is 0 Å². The standard InChI is InChI=1S/C9H20N2S/c1-5-11(4)7-6-9(2,3)8(10)12/h5-7H2,1-4H3,(H2,10,12). The Morgan fingerprint density at radius 3 is 2.33 bits per heavy atom. The molecular formula is C9H20N2S. The molecule has 0 rings (SSSR count). The molecule has 12 heavy (non-hydrogen) atoms. The fourth-order valence-electron chi connectivity index (χ4n) is 0.752. The normalized spacial score (nSPS) is 12.1. The number of hydrogen-bond donors (Lipinski definition) is 1. The van der Waals surface area contributed by atoms with E-state index in [1.54, 1.807) is 0 Å². The van der Waals surface area contributed by atoms with Crippen LogP contribution in [0, 0.1) is 5.41 Å². The zero-order chi connectivity index (χ0) is 9.78. The molecule has 3 heteroatoms. The summed E-state index contributed by atoms with van der Waals surface area (Å²) in [4.78, 5) is 2.88. The lowest BCUT2D eigenvalue weighted by molar-refractivity contribution is 0.305. The van der Waals surface area contributed by atoms with Crippen LogP contribution < -0.4 is 5.73 Å². The first-order valence-electron chi connectivity index (χ1n) is 4.38. The number of hydrogen-bond acceptors (Lipinski definition) is 2. The molecule has 0 fully saturated rings. The number of thiocarbonyl (C=S) groups is 1. The van der Waals surface area contributed by atoms with Gasteiger partial charge in [0.1, 0.15) is 0 Å². The van der Waals surface area contributed by atoms with Crippen molar-refractivity contribution in [1.82, 2.24) is 4.90 Å². The Labute approximate surface area is 81.1 Å². The molecule has 0 aliphatic heterocycles. The van der Waals surface area contributed by atoms with Crippen molar-refractivity contribution in [2.24, 2.45) is 11.1 Å². The minimum atomic E-state index is -0.00123. The molecule has 2 N–H and O–H groups in total. The molecule has 0 bridgehead atoms. The van der Waals surface area contributed by atoms with Crippen molar-refractivity contribution in [2.45, 2.75) is 27.2 Å². The van der Waals surface area contributed by atoms with Gasteiger partial charge in [0.2, 0.25) is 0 Å². The molecule has 0 unspecified atom stereocenters. The molecule has 0 aromatic heterocycles. The van der Waals surface area contributed by atoms with Crippen molar-refractivity contribution in [2.75, 3.05) is 20.1 Å². The maximum absolute atomic E-state index is 5.61. The summed E-state index contributed by atoms with van der Waals surface area (Å²) in [5.41, 5.74) is 5.61. The van der Waals surface area contributed by atoms with Crippen LogP contribution in [-0.4, -0.2) is 30.0 Å². The van der Waals surface area contributed by atoms with Gasteiger partial charge in [0.05, 0.1) is 4.99 Å². The van der Waals surface area contributed by atoms with Gasteiger partial charge >= 0.3 is 0 Å². The Bertz CT molecular complexity index is 155. The van der Waals surface area contributed by atoms with Gasteiger partial charge < -0.3 is 10.6 Å². The van der Waals surface area contributed by atoms with Crippen LogP contribution in [0.4, 0.5) is 0 Å². The SMILES string of the molecule is CCN(C)CCC(C)(C)C(N)=S. The molecule has 0 radical (unpaired) electrons. The zero-order valence-corrected chi connectivity index (χ0v) is 9.37. The summed E-state index contributed by atoms with van der Waals surface area (Å²) < 4.78 is 0. The molecule has 0 saturated carbocycles. The molecule has 2 nitrogen and oxygen atoms in total. The third-order valence-corrected chi connectivity index (χ3v) is 2.88. The Morgan fingerprint density at radius 1 is 1.50 bits per heavy atom. The highest BCUT2D eigenvalue weighted by atomic mass is 32.1. The molecule has 0 amide bonds. The summed E-state index contributed by atoms with van der Waals surface area (Å²) in [6.45, 7) is 8.47. The second kappa shape index (κ2) is 4.77. The largest absolute Gasteiger partial charge is 0.393 e. The second-order valence-electron chi connectivity index (χ2n) is 3.89. The third-order valence-electron chi connectivity index (χ3n) is 2.33. The van der Waals surface area contributed by atoms with Gasteiger partial charge in [-0.25, -0.2) is 0 Å². The van der Waals surface area contributed by atoms with Crippen LogP contribution >= 0.6 is 12.2 Å². The molecule has 72 valence electrons. The lowest BCUT2D eigenvalue weighted by atomic mass is 9.89. The molecular weight excluding hydrogens is 168 g/mol. The molecule has 0 aromatic rings. The van der Waals surface area contributed by atoms with E-state index in [2.05, 4.69) is 32.7 Å². The van der Waals surface area contributed by atoms with E-state index in [0.717, 1.165) is 19.5 Å². The van der Waals surface area contributed by atoms with Crippen molar-refractivity contribution in [3.05, 3.63) is 0 Å². The van der Waals surface area contributed by atoms with Gasteiger partial charge in [-0.3, -0.25) is 0 Å². The van der Waals surface area contributed by atoms with Crippen LogP contribution in [0.2, 0.25) is 0 Å². The van der Waals surface area contributed by atoms with E-state index in [-0.39, 0.29) is 5.41 Å². The highest BCUT2D eigenvalue weighted by Crippen LogP contribution is 2.20. The van der Waals surface area contributed by atoms with E-state index in [4.69, 9.17) is 18.0 Å². The molecule has 0 atom stereocenters. The summed E-state index contributed by atoms with van der Waals surface area (Å²) >= 11 is 4.98. The van der Waals surface area contributed by atoms with Gasteiger partial charge in [0, 0.05) is 5.41 Å². The van der Waals surface area contributed by atoms with Gasteiger partial charge in [-0.15, -0.1) is 0 Å². The summed E-state index contributed by atoms with van der Waals surface area (Å²) in [6.07, 6.45) is 1.03. The molecule has 0 aliphatic carbocycles. The Hall–Kier alpha value is -0.150. The first kappa shape index (κ1) is 11.8. The van der Waals surface area contributed by atoms with Crippen LogP contribution in [0.15, 0.2) is 0 Å². The third kappa shape index (κ3) is 4.02. The monoisotopic (exact) mass is 188 g/mol. The summed E-state index contributed by atoms with van der Waals surface area (Å²) in [5.74, 6) is 0. The van der Waals surface area contributed by atoms with Gasteiger partial charge in [0.15, 0.2) is 0 Å². The van der Waals surface area contributed by atoms with Crippen molar-refractivity contribution in [3.8, 4) is 0 Å². The van der Waals surface area contributed by atoms with Crippen molar-refractivity contribution in [1.29, 1.82) is 0 Å². The molecule has 0 saturated heterocycles. The number of nitrogens with zero attached hydrogens (tertiary/aromatic N) is 1. The smallest absolute Gasteiger partial charge is 0.0784 e. The lowest BCUT2D eigenvalue weighted by Crippen LogP contribution is -2.33. The fourth-order valence-corrected chi connectivity index (χ4v) is 0.854. The van der Waals surface area contributed by atoms with Crippen LogP contribution in [0.5, 0.6) is 0 Å². The summed E-state index contributed by atoms with van der Waals surface area (Å²) in [7, 11) is 2.11. The minimum Gasteiger partial charge on any atom is -0.393 e. The van der Waals surface area contributed by atoms with Crippen LogP contribution in [0.25, 0.3) is 0 Å². The fraction of sp³-hybridized carbons (Fsp3) is 0.889. The maximum Gasteiger partial charge on any atom is 0.0784 e. The van der Waals surface area contributed by atoms with Crippen molar-refractivity contribution >= 4 is 17.2 Å². The highest BCUT2D eigenvalue weighted by Gasteiger charge is 2.20. The van der Waals surface area contributed by atoms with Gasteiger partial charge in [-0.1, -0.05) is 33.0 Å². The lowest BCUT2D eigenvalue weighted by Gasteiger charge is -2.25. The van der Waals surface area contributed by atoms with E-state index in [1.165, 1.54) is 0 Å². The maximum atomic E-state index is 5.61. The predicted molar refractivity (Wildman–Crippen MR) is 58.4 cm³/mol.